The highest BCUT2D eigenvalue weighted by Gasteiger charge is 2.24. The highest BCUT2D eigenvalue weighted by Crippen LogP contribution is 2.18. The Morgan fingerprint density at radius 1 is 1.44 bits per heavy atom. The number of hydrogen-bond donors (Lipinski definition) is 0. The Bertz CT molecular complexity index is 282. The van der Waals surface area contributed by atoms with Crippen molar-refractivity contribution in [2.45, 2.75) is 39.1 Å². The summed E-state index contributed by atoms with van der Waals surface area (Å²) in [5.41, 5.74) is 0. The fraction of sp³-hybridized carbons (Fsp3) is 0.700. The van der Waals surface area contributed by atoms with E-state index in [4.69, 9.17) is 14.4 Å². The van der Waals surface area contributed by atoms with Gasteiger partial charge in [0.15, 0.2) is 6.10 Å². The molecule has 3 nitrogen and oxygen atoms in total. The zero-order valence-corrected chi connectivity index (χ0v) is 11.0. The van der Waals surface area contributed by atoms with Crippen LogP contribution in [0.2, 0.25) is 19.6 Å². The molecule has 0 aromatic heterocycles. The molecule has 0 aromatic rings. The van der Waals surface area contributed by atoms with Crippen LogP contribution in [0.3, 0.4) is 0 Å². The van der Waals surface area contributed by atoms with Crippen molar-refractivity contribution in [2.24, 2.45) is 0 Å². The summed E-state index contributed by atoms with van der Waals surface area (Å²) in [6.45, 7) is 7.37. The molecule has 0 amide bonds. The molecule has 0 saturated carbocycles. The molecule has 6 heteroatoms. The van der Waals surface area contributed by atoms with E-state index in [1.165, 1.54) is 0 Å². The number of alkyl halides is 2. The highest BCUT2D eigenvalue weighted by molar-refractivity contribution is 6.70. The maximum atomic E-state index is 12.6. The number of nitrogens with zero attached hydrogens (tertiary/aromatic N) is 1. The van der Waals surface area contributed by atoms with Crippen LogP contribution in [0.5, 0.6) is 0 Å². The van der Waals surface area contributed by atoms with Crippen molar-refractivity contribution >= 4 is 8.32 Å². The second kappa shape index (κ2) is 6.61. The molecule has 0 aromatic carbocycles. The van der Waals surface area contributed by atoms with Crippen LogP contribution < -0.4 is 0 Å². The van der Waals surface area contributed by atoms with Gasteiger partial charge in [-0.1, -0.05) is 0 Å². The highest BCUT2D eigenvalue weighted by atomic mass is 28.4. The lowest BCUT2D eigenvalue weighted by Gasteiger charge is -2.22. The van der Waals surface area contributed by atoms with Crippen molar-refractivity contribution in [3.05, 3.63) is 11.8 Å². The third kappa shape index (κ3) is 6.53. The molecule has 0 bridgehead atoms. The second-order valence-electron chi connectivity index (χ2n) is 4.09. The Balaban J connectivity index is 4.76. The zero-order valence-electron chi connectivity index (χ0n) is 9.96. The van der Waals surface area contributed by atoms with Crippen molar-refractivity contribution in [3.8, 4) is 6.07 Å². The molecule has 0 saturated heterocycles. The van der Waals surface area contributed by atoms with Gasteiger partial charge >= 0.3 is 0 Å². The topological polar surface area (TPSA) is 42.2 Å². The van der Waals surface area contributed by atoms with Gasteiger partial charge in [0.05, 0.1) is 6.07 Å². The van der Waals surface area contributed by atoms with E-state index in [9.17, 15) is 8.78 Å². The summed E-state index contributed by atoms with van der Waals surface area (Å²) in [6, 6.07) is 1.78. The standard InChI is InChI=1S/C10H17F2NO2Si/c1-5-14-8(7-13)6-9(10(11)12)15-16(2,3)4/h6,8,10H,5H2,1-4H3/b9-6+. The molecule has 0 fully saturated rings. The van der Waals surface area contributed by atoms with Gasteiger partial charge in [-0.2, -0.15) is 5.26 Å². The van der Waals surface area contributed by atoms with E-state index in [-0.39, 0.29) is 6.61 Å². The summed E-state index contributed by atoms with van der Waals surface area (Å²) < 4.78 is 35.4. The molecule has 0 heterocycles. The summed E-state index contributed by atoms with van der Waals surface area (Å²) in [6.07, 6.45) is -2.65. The Kier molecular flexibility index (Phi) is 6.22. The molecular weight excluding hydrogens is 232 g/mol. The fourth-order valence-corrected chi connectivity index (χ4v) is 1.82. The Hall–Kier alpha value is -0.933. The fourth-order valence-electron chi connectivity index (χ4n) is 0.956. The van der Waals surface area contributed by atoms with Gasteiger partial charge in [0.1, 0.15) is 5.76 Å². The van der Waals surface area contributed by atoms with Gasteiger partial charge in [0.25, 0.3) is 6.43 Å². The smallest absolute Gasteiger partial charge is 0.293 e. The molecule has 16 heavy (non-hydrogen) atoms. The maximum Gasteiger partial charge on any atom is 0.293 e. The molecule has 92 valence electrons. The molecular formula is C10H17F2NO2Si. The summed E-state index contributed by atoms with van der Waals surface area (Å²) in [5, 5.41) is 8.68. The van der Waals surface area contributed by atoms with Crippen LogP contribution in [0.25, 0.3) is 0 Å². The van der Waals surface area contributed by atoms with Crippen molar-refractivity contribution < 1.29 is 17.9 Å². The molecule has 1 unspecified atom stereocenters. The van der Waals surface area contributed by atoms with Crippen LogP contribution in [0.1, 0.15) is 6.92 Å². The van der Waals surface area contributed by atoms with Gasteiger partial charge in [0.2, 0.25) is 8.32 Å². The quantitative estimate of drug-likeness (QED) is 0.537. The number of nitriles is 1. The first kappa shape index (κ1) is 15.1. The normalized spacial score (nSPS) is 14.8. The first-order valence-electron chi connectivity index (χ1n) is 5.00. The van der Waals surface area contributed by atoms with E-state index >= 15 is 0 Å². The summed E-state index contributed by atoms with van der Waals surface area (Å²) in [5.74, 6) is -0.459. The lowest BCUT2D eigenvalue weighted by molar-refractivity contribution is 0.111. The molecule has 0 spiro atoms. The predicted octanol–water partition coefficient (Wildman–Crippen LogP) is 2.92. The minimum Gasteiger partial charge on any atom is -0.543 e. The lowest BCUT2D eigenvalue weighted by atomic mass is 10.3. The van der Waals surface area contributed by atoms with E-state index in [0.29, 0.717) is 0 Å². The number of allylic oxidation sites excluding steroid dienone is 1. The average Bonchev–Trinajstić information content (AvgIpc) is 2.13. The summed E-state index contributed by atoms with van der Waals surface area (Å²) in [7, 11) is -2.10. The Morgan fingerprint density at radius 2 is 2.00 bits per heavy atom. The largest absolute Gasteiger partial charge is 0.543 e. The SMILES string of the molecule is CCOC(C#N)/C=C(/O[Si](C)(C)C)C(F)F. The monoisotopic (exact) mass is 249 g/mol. The first-order chi connectivity index (χ1) is 7.30. The predicted molar refractivity (Wildman–Crippen MR) is 59.5 cm³/mol. The molecule has 0 aliphatic rings. The van der Waals surface area contributed by atoms with Gasteiger partial charge in [0, 0.05) is 12.7 Å². The van der Waals surface area contributed by atoms with E-state index in [0.717, 1.165) is 6.08 Å². The van der Waals surface area contributed by atoms with Gasteiger partial charge in [-0.15, -0.1) is 0 Å². The third-order valence-electron chi connectivity index (χ3n) is 1.43. The van der Waals surface area contributed by atoms with Gasteiger partial charge in [-0.25, -0.2) is 8.78 Å². The second-order valence-corrected chi connectivity index (χ2v) is 8.52. The number of halogens is 2. The molecule has 0 N–H and O–H groups in total. The average molecular weight is 249 g/mol. The van der Waals surface area contributed by atoms with E-state index in [2.05, 4.69) is 0 Å². The van der Waals surface area contributed by atoms with E-state index < -0.39 is 26.6 Å². The minimum absolute atomic E-state index is 0.290. The Labute approximate surface area is 95.8 Å². The van der Waals surface area contributed by atoms with Gasteiger partial charge in [-0.3, -0.25) is 0 Å². The molecule has 1 atom stereocenters. The minimum atomic E-state index is -2.72. The van der Waals surface area contributed by atoms with Crippen LogP contribution in [0.15, 0.2) is 11.8 Å². The van der Waals surface area contributed by atoms with Crippen LogP contribution in [0.4, 0.5) is 8.78 Å². The number of hydrogen-bond acceptors (Lipinski definition) is 3. The summed E-state index contributed by atoms with van der Waals surface area (Å²) >= 11 is 0. The van der Waals surface area contributed by atoms with Crippen LogP contribution in [0, 0.1) is 11.3 Å². The van der Waals surface area contributed by atoms with E-state index in [1.807, 2.05) is 0 Å². The zero-order chi connectivity index (χ0) is 12.8. The van der Waals surface area contributed by atoms with Gasteiger partial charge in [-0.05, 0) is 26.6 Å². The van der Waals surface area contributed by atoms with Crippen molar-refractivity contribution in [3.63, 3.8) is 0 Å². The molecule has 0 aliphatic carbocycles. The molecule has 0 rings (SSSR count). The van der Waals surface area contributed by atoms with Gasteiger partial charge < -0.3 is 9.16 Å². The first-order valence-corrected chi connectivity index (χ1v) is 8.41. The lowest BCUT2D eigenvalue weighted by Crippen LogP contribution is -2.27. The third-order valence-corrected chi connectivity index (χ3v) is 2.28. The maximum absolute atomic E-state index is 12.6. The van der Waals surface area contributed by atoms with Crippen molar-refractivity contribution in [1.29, 1.82) is 5.26 Å². The van der Waals surface area contributed by atoms with Crippen LogP contribution in [-0.4, -0.2) is 27.5 Å². The Morgan fingerprint density at radius 3 is 2.31 bits per heavy atom. The van der Waals surface area contributed by atoms with Crippen molar-refractivity contribution in [2.75, 3.05) is 6.61 Å². The van der Waals surface area contributed by atoms with Crippen molar-refractivity contribution in [1.82, 2.24) is 0 Å². The number of rotatable bonds is 6. The summed E-state index contributed by atoms with van der Waals surface area (Å²) in [4.78, 5) is 0. The van der Waals surface area contributed by atoms with Crippen LogP contribution >= 0.6 is 0 Å². The van der Waals surface area contributed by atoms with E-state index in [1.54, 1.807) is 32.6 Å². The van der Waals surface area contributed by atoms with Crippen LogP contribution in [-0.2, 0) is 9.16 Å². The molecule has 0 radical (unpaired) electrons. The number of ether oxygens (including phenoxy) is 1. The molecule has 0 aliphatic heterocycles.